The van der Waals surface area contributed by atoms with Crippen molar-refractivity contribution in [3.63, 3.8) is 0 Å². The molecule has 78 valence electrons. The number of rotatable bonds is 1. The van der Waals surface area contributed by atoms with Gasteiger partial charge in [-0.2, -0.15) is 0 Å². The van der Waals surface area contributed by atoms with Crippen LogP contribution in [0.2, 0.25) is 5.02 Å². The van der Waals surface area contributed by atoms with Crippen molar-refractivity contribution in [3.8, 4) is 0 Å². The van der Waals surface area contributed by atoms with Gasteiger partial charge in [-0.1, -0.05) is 11.6 Å². The van der Waals surface area contributed by atoms with Gasteiger partial charge in [0.25, 0.3) is 0 Å². The molecule has 1 aromatic rings. The molecule has 1 heterocycles. The molecule has 0 unspecified atom stereocenters. The fourth-order valence-corrected chi connectivity index (χ4v) is 1.98. The molecule has 0 aliphatic carbocycles. The lowest BCUT2D eigenvalue weighted by molar-refractivity contribution is 0.650. The summed E-state index contributed by atoms with van der Waals surface area (Å²) in [6, 6.07) is 6.06. The average molecular weight is 233 g/mol. The first-order valence-corrected chi connectivity index (χ1v) is 4.93. The maximum absolute atomic E-state index is 5.91. The molecule has 0 aromatic heterocycles. The minimum atomic E-state index is 0. The third-order valence-electron chi connectivity index (χ3n) is 2.48. The van der Waals surface area contributed by atoms with Gasteiger partial charge in [-0.3, -0.25) is 0 Å². The lowest BCUT2D eigenvalue weighted by Gasteiger charge is -2.13. The van der Waals surface area contributed by atoms with E-state index in [1.807, 2.05) is 18.2 Å². The molecule has 14 heavy (non-hydrogen) atoms. The fourth-order valence-electron chi connectivity index (χ4n) is 1.80. The Hall–Kier alpha value is -0.440. The highest BCUT2D eigenvalue weighted by atomic mass is 35.5. The molecule has 0 amide bonds. The molecule has 1 aromatic carbocycles. The monoisotopic (exact) mass is 232 g/mol. The Balaban J connectivity index is 0.000000980. The summed E-state index contributed by atoms with van der Waals surface area (Å²) in [6.45, 7) is 1.08. The van der Waals surface area contributed by atoms with Crippen LogP contribution in [0.4, 0.5) is 5.69 Å². The van der Waals surface area contributed by atoms with E-state index in [1.165, 1.54) is 6.42 Å². The Labute approximate surface area is 95.2 Å². The van der Waals surface area contributed by atoms with Crippen LogP contribution in [0, 0.1) is 0 Å². The van der Waals surface area contributed by atoms with E-state index in [0.717, 1.165) is 29.2 Å². The Morgan fingerprint density at radius 3 is 2.86 bits per heavy atom. The number of nitrogens with one attached hydrogen (secondary N) is 1. The van der Waals surface area contributed by atoms with E-state index in [2.05, 4.69) is 5.32 Å². The largest absolute Gasteiger partial charge is 0.398 e. The number of hydrogen-bond donors (Lipinski definition) is 2. The Morgan fingerprint density at radius 2 is 2.21 bits per heavy atom. The number of benzene rings is 1. The van der Waals surface area contributed by atoms with E-state index in [9.17, 15) is 0 Å². The Bertz CT molecular complexity index is 309. The summed E-state index contributed by atoms with van der Waals surface area (Å²) in [5.41, 5.74) is 7.85. The first-order chi connectivity index (χ1) is 6.27. The van der Waals surface area contributed by atoms with Gasteiger partial charge in [-0.25, -0.2) is 0 Å². The molecule has 0 radical (unpaired) electrons. The minimum Gasteiger partial charge on any atom is -0.398 e. The van der Waals surface area contributed by atoms with E-state index in [1.54, 1.807) is 0 Å². The summed E-state index contributed by atoms with van der Waals surface area (Å²) in [7, 11) is 0. The van der Waals surface area contributed by atoms with Crippen LogP contribution in [-0.4, -0.2) is 6.54 Å². The third-order valence-corrected chi connectivity index (χ3v) is 2.72. The second-order valence-electron chi connectivity index (χ2n) is 3.42. The zero-order chi connectivity index (χ0) is 9.26. The van der Waals surface area contributed by atoms with Gasteiger partial charge in [0, 0.05) is 16.8 Å². The molecular weight excluding hydrogens is 219 g/mol. The predicted molar refractivity (Wildman–Crippen MR) is 63.1 cm³/mol. The summed E-state index contributed by atoms with van der Waals surface area (Å²) < 4.78 is 0. The maximum Gasteiger partial charge on any atom is 0.0410 e. The topological polar surface area (TPSA) is 38.0 Å². The van der Waals surface area contributed by atoms with Crippen molar-refractivity contribution in [2.75, 3.05) is 12.3 Å². The number of halogens is 2. The summed E-state index contributed by atoms with van der Waals surface area (Å²) in [5.74, 6) is 0. The highest BCUT2D eigenvalue weighted by molar-refractivity contribution is 6.30. The second kappa shape index (κ2) is 4.87. The molecular formula is C10H14Cl2N2. The van der Waals surface area contributed by atoms with E-state index < -0.39 is 0 Å². The molecule has 2 rings (SSSR count). The molecule has 1 aliphatic rings. The zero-order valence-corrected chi connectivity index (χ0v) is 9.37. The molecule has 0 bridgehead atoms. The highest BCUT2D eigenvalue weighted by Gasteiger charge is 2.18. The van der Waals surface area contributed by atoms with E-state index in [-0.39, 0.29) is 12.4 Å². The van der Waals surface area contributed by atoms with Crippen molar-refractivity contribution in [1.29, 1.82) is 0 Å². The van der Waals surface area contributed by atoms with Gasteiger partial charge in [0.1, 0.15) is 0 Å². The highest BCUT2D eigenvalue weighted by Crippen LogP contribution is 2.29. The molecule has 1 saturated heterocycles. The summed E-state index contributed by atoms with van der Waals surface area (Å²) >= 11 is 5.91. The van der Waals surface area contributed by atoms with Crippen LogP contribution in [0.3, 0.4) is 0 Å². The van der Waals surface area contributed by atoms with Crippen molar-refractivity contribution < 1.29 is 0 Å². The number of anilines is 1. The SMILES string of the molecule is Cl.Nc1ccc(Cl)cc1[C@H]1CCCN1. The number of nitrogen functional groups attached to an aromatic ring is 1. The normalized spacial score (nSPS) is 20.5. The van der Waals surface area contributed by atoms with Gasteiger partial charge in [0.05, 0.1) is 0 Å². The quantitative estimate of drug-likeness (QED) is 0.732. The minimum absolute atomic E-state index is 0. The Kier molecular flexibility index (Phi) is 4.05. The molecule has 4 heteroatoms. The van der Waals surface area contributed by atoms with Gasteiger partial charge in [0.15, 0.2) is 0 Å². The summed E-state index contributed by atoms with van der Waals surface area (Å²) in [4.78, 5) is 0. The van der Waals surface area contributed by atoms with Crippen molar-refractivity contribution >= 4 is 29.7 Å². The molecule has 1 atom stereocenters. The van der Waals surface area contributed by atoms with E-state index >= 15 is 0 Å². The standard InChI is InChI=1S/C10H13ClN2.ClH/c11-7-3-4-9(12)8(6-7)10-2-1-5-13-10;/h3-4,6,10,13H,1-2,5,12H2;1H/t10-;/m1./s1. The summed E-state index contributed by atoms with van der Waals surface area (Å²) in [6.07, 6.45) is 2.38. The van der Waals surface area contributed by atoms with Crippen molar-refractivity contribution in [2.45, 2.75) is 18.9 Å². The van der Waals surface area contributed by atoms with E-state index in [0.29, 0.717) is 6.04 Å². The van der Waals surface area contributed by atoms with Crippen LogP contribution in [0.5, 0.6) is 0 Å². The molecule has 0 spiro atoms. The fraction of sp³-hybridized carbons (Fsp3) is 0.400. The summed E-state index contributed by atoms with van der Waals surface area (Å²) in [5, 5.41) is 4.16. The van der Waals surface area contributed by atoms with Gasteiger partial charge >= 0.3 is 0 Å². The zero-order valence-electron chi connectivity index (χ0n) is 7.79. The van der Waals surface area contributed by atoms with Gasteiger partial charge in [-0.05, 0) is 43.1 Å². The van der Waals surface area contributed by atoms with Crippen LogP contribution < -0.4 is 11.1 Å². The lowest BCUT2D eigenvalue weighted by atomic mass is 10.0. The van der Waals surface area contributed by atoms with Gasteiger partial charge in [-0.15, -0.1) is 12.4 Å². The molecule has 2 nitrogen and oxygen atoms in total. The van der Waals surface area contributed by atoms with Crippen LogP contribution >= 0.6 is 24.0 Å². The Morgan fingerprint density at radius 1 is 1.43 bits per heavy atom. The maximum atomic E-state index is 5.91. The van der Waals surface area contributed by atoms with Crippen LogP contribution in [0.1, 0.15) is 24.4 Å². The van der Waals surface area contributed by atoms with Crippen molar-refractivity contribution in [3.05, 3.63) is 28.8 Å². The third kappa shape index (κ3) is 2.32. The van der Waals surface area contributed by atoms with Crippen molar-refractivity contribution in [1.82, 2.24) is 5.32 Å². The number of nitrogens with two attached hydrogens (primary N) is 1. The first-order valence-electron chi connectivity index (χ1n) is 4.55. The molecule has 1 aliphatic heterocycles. The predicted octanol–water partition coefficient (Wildman–Crippen LogP) is 2.77. The molecule has 0 saturated carbocycles. The van der Waals surface area contributed by atoms with Gasteiger partial charge in [0.2, 0.25) is 0 Å². The molecule has 1 fully saturated rings. The first kappa shape index (κ1) is 11.6. The van der Waals surface area contributed by atoms with Crippen molar-refractivity contribution in [2.24, 2.45) is 0 Å². The average Bonchev–Trinajstić information content (AvgIpc) is 2.61. The van der Waals surface area contributed by atoms with Crippen LogP contribution in [0.15, 0.2) is 18.2 Å². The van der Waals surface area contributed by atoms with Crippen LogP contribution in [0.25, 0.3) is 0 Å². The molecule has 3 N–H and O–H groups in total. The van der Waals surface area contributed by atoms with Crippen LogP contribution in [-0.2, 0) is 0 Å². The second-order valence-corrected chi connectivity index (χ2v) is 3.86. The van der Waals surface area contributed by atoms with E-state index in [4.69, 9.17) is 17.3 Å². The van der Waals surface area contributed by atoms with Gasteiger partial charge < -0.3 is 11.1 Å². The number of hydrogen-bond acceptors (Lipinski definition) is 2. The smallest absolute Gasteiger partial charge is 0.0410 e. The lowest BCUT2D eigenvalue weighted by Crippen LogP contribution is -2.14.